The van der Waals surface area contributed by atoms with E-state index < -0.39 is 6.04 Å². The fraction of sp³-hybridized carbons (Fsp3) is 0.333. The van der Waals surface area contributed by atoms with Gasteiger partial charge >= 0.3 is 0 Å². The Kier molecular flexibility index (Phi) is 5.51. The fourth-order valence-corrected chi connectivity index (χ4v) is 1.58. The Morgan fingerprint density at radius 2 is 2.00 bits per heavy atom. The summed E-state index contributed by atoms with van der Waals surface area (Å²) in [6, 6.07) is 5.38. The van der Waals surface area contributed by atoms with Crippen molar-refractivity contribution in [2.24, 2.45) is 0 Å². The highest BCUT2D eigenvalue weighted by atomic mass is 32.1. The molecule has 1 rings (SSSR count). The van der Waals surface area contributed by atoms with Crippen LogP contribution in [0.25, 0.3) is 0 Å². The molecule has 0 heterocycles. The van der Waals surface area contributed by atoms with Crippen LogP contribution < -0.4 is 16.0 Å². The first-order valence-electron chi connectivity index (χ1n) is 5.63. The van der Waals surface area contributed by atoms with Gasteiger partial charge in [-0.1, -0.05) is 0 Å². The van der Waals surface area contributed by atoms with Crippen molar-refractivity contribution in [2.45, 2.75) is 19.9 Å². The van der Waals surface area contributed by atoms with Gasteiger partial charge in [0.25, 0.3) is 0 Å². The summed E-state index contributed by atoms with van der Waals surface area (Å²) in [5.41, 5.74) is 0.664. The van der Waals surface area contributed by atoms with E-state index in [1.54, 1.807) is 19.1 Å². The summed E-state index contributed by atoms with van der Waals surface area (Å²) in [5, 5.41) is 8.72. The molecule has 0 radical (unpaired) electrons. The minimum Gasteiger partial charge on any atom is -0.355 e. The maximum Gasteiger partial charge on any atom is 0.242 e. The first-order valence-corrected chi connectivity index (χ1v) is 6.04. The van der Waals surface area contributed by atoms with Gasteiger partial charge in [-0.05, 0) is 50.3 Å². The number of carbonyl (C=O) groups is 1. The van der Waals surface area contributed by atoms with E-state index in [0.29, 0.717) is 17.3 Å². The molecule has 98 valence electrons. The molecule has 0 spiro atoms. The normalized spacial score (nSPS) is 11.5. The summed E-state index contributed by atoms with van der Waals surface area (Å²) in [6.07, 6.45) is 0. The zero-order chi connectivity index (χ0) is 13.5. The summed E-state index contributed by atoms with van der Waals surface area (Å²) in [6.45, 7) is 4.13. The summed E-state index contributed by atoms with van der Waals surface area (Å²) in [4.78, 5) is 11.5. The lowest BCUT2D eigenvalue weighted by molar-refractivity contribution is -0.122. The summed E-state index contributed by atoms with van der Waals surface area (Å²) < 4.78 is 12.7. The third-order valence-electron chi connectivity index (χ3n) is 2.19. The fourth-order valence-electron chi connectivity index (χ4n) is 1.29. The Morgan fingerprint density at radius 1 is 1.39 bits per heavy atom. The predicted molar refractivity (Wildman–Crippen MR) is 73.9 cm³/mol. The number of carbonyl (C=O) groups excluding carboxylic acids is 1. The van der Waals surface area contributed by atoms with Crippen molar-refractivity contribution in [3.8, 4) is 0 Å². The van der Waals surface area contributed by atoms with Gasteiger partial charge in [-0.15, -0.1) is 0 Å². The number of halogens is 1. The number of thiocarbonyl (C=S) groups is 1. The van der Waals surface area contributed by atoms with Gasteiger partial charge in [0.15, 0.2) is 5.11 Å². The minimum atomic E-state index is -0.426. The highest BCUT2D eigenvalue weighted by Gasteiger charge is 2.12. The Labute approximate surface area is 111 Å². The first kappa shape index (κ1) is 14.4. The van der Waals surface area contributed by atoms with Crippen LogP contribution in [-0.2, 0) is 4.79 Å². The molecule has 1 atom stereocenters. The van der Waals surface area contributed by atoms with Crippen molar-refractivity contribution in [2.75, 3.05) is 11.9 Å². The zero-order valence-electron chi connectivity index (χ0n) is 10.3. The number of rotatable bonds is 4. The van der Waals surface area contributed by atoms with Crippen LogP contribution in [0.1, 0.15) is 13.8 Å². The summed E-state index contributed by atoms with van der Waals surface area (Å²) >= 11 is 5.05. The Hall–Kier alpha value is -1.69. The molecule has 3 N–H and O–H groups in total. The average Bonchev–Trinajstić information content (AvgIpc) is 2.32. The van der Waals surface area contributed by atoms with E-state index in [2.05, 4.69) is 16.0 Å². The molecular formula is C12H16FN3OS. The van der Waals surface area contributed by atoms with E-state index in [-0.39, 0.29) is 11.7 Å². The van der Waals surface area contributed by atoms with Crippen molar-refractivity contribution in [3.05, 3.63) is 30.1 Å². The Balaban J connectivity index is 2.46. The van der Waals surface area contributed by atoms with E-state index in [4.69, 9.17) is 12.2 Å². The van der Waals surface area contributed by atoms with Crippen LogP contribution in [0.3, 0.4) is 0 Å². The van der Waals surface area contributed by atoms with E-state index in [0.717, 1.165) is 0 Å². The smallest absolute Gasteiger partial charge is 0.242 e. The van der Waals surface area contributed by atoms with Crippen molar-refractivity contribution >= 4 is 28.9 Å². The monoisotopic (exact) mass is 269 g/mol. The molecule has 1 aromatic carbocycles. The molecule has 0 aliphatic rings. The quantitative estimate of drug-likeness (QED) is 0.727. The molecule has 0 bridgehead atoms. The topological polar surface area (TPSA) is 53.2 Å². The number of hydrogen-bond acceptors (Lipinski definition) is 2. The van der Waals surface area contributed by atoms with Gasteiger partial charge in [0.2, 0.25) is 5.91 Å². The van der Waals surface area contributed by atoms with Crippen LogP contribution >= 0.6 is 12.2 Å². The van der Waals surface area contributed by atoms with Gasteiger partial charge < -0.3 is 16.0 Å². The number of anilines is 1. The van der Waals surface area contributed by atoms with Crippen LogP contribution in [0.15, 0.2) is 24.3 Å². The molecular weight excluding hydrogens is 253 g/mol. The maximum atomic E-state index is 12.7. The lowest BCUT2D eigenvalue weighted by Gasteiger charge is -2.16. The second kappa shape index (κ2) is 6.90. The SMILES string of the molecule is CCNC(=O)[C@H](C)NC(=S)Nc1ccc(F)cc1. The van der Waals surface area contributed by atoms with E-state index in [1.807, 2.05) is 6.92 Å². The molecule has 0 saturated heterocycles. The van der Waals surface area contributed by atoms with Crippen molar-refractivity contribution in [3.63, 3.8) is 0 Å². The highest BCUT2D eigenvalue weighted by molar-refractivity contribution is 7.80. The Bertz CT molecular complexity index is 422. The van der Waals surface area contributed by atoms with Crippen LogP contribution in [-0.4, -0.2) is 23.6 Å². The van der Waals surface area contributed by atoms with Gasteiger partial charge in [-0.25, -0.2) is 4.39 Å². The molecule has 6 heteroatoms. The molecule has 0 saturated carbocycles. The number of hydrogen-bond donors (Lipinski definition) is 3. The van der Waals surface area contributed by atoms with Gasteiger partial charge in [0.05, 0.1) is 0 Å². The average molecular weight is 269 g/mol. The second-order valence-corrected chi connectivity index (χ2v) is 4.13. The van der Waals surface area contributed by atoms with E-state index in [1.165, 1.54) is 12.1 Å². The van der Waals surface area contributed by atoms with Crippen LogP contribution in [0.2, 0.25) is 0 Å². The van der Waals surface area contributed by atoms with Gasteiger partial charge in [-0.3, -0.25) is 4.79 Å². The molecule has 4 nitrogen and oxygen atoms in total. The number of benzene rings is 1. The molecule has 18 heavy (non-hydrogen) atoms. The van der Waals surface area contributed by atoms with E-state index >= 15 is 0 Å². The first-order chi connectivity index (χ1) is 8.52. The van der Waals surface area contributed by atoms with Crippen LogP contribution in [0.5, 0.6) is 0 Å². The highest BCUT2D eigenvalue weighted by Crippen LogP contribution is 2.07. The predicted octanol–water partition coefficient (Wildman–Crippen LogP) is 1.64. The second-order valence-electron chi connectivity index (χ2n) is 3.72. The largest absolute Gasteiger partial charge is 0.355 e. The Morgan fingerprint density at radius 3 is 2.56 bits per heavy atom. The van der Waals surface area contributed by atoms with Gasteiger partial charge in [-0.2, -0.15) is 0 Å². The van der Waals surface area contributed by atoms with Gasteiger partial charge in [0, 0.05) is 12.2 Å². The molecule has 0 fully saturated rings. The molecule has 0 aliphatic carbocycles. The van der Waals surface area contributed by atoms with Crippen molar-refractivity contribution < 1.29 is 9.18 Å². The van der Waals surface area contributed by atoms with Crippen molar-refractivity contribution in [1.29, 1.82) is 0 Å². The lowest BCUT2D eigenvalue weighted by Crippen LogP contribution is -2.46. The third kappa shape index (κ3) is 4.67. The van der Waals surface area contributed by atoms with E-state index in [9.17, 15) is 9.18 Å². The molecule has 0 aromatic heterocycles. The number of amides is 1. The molecule has 1 amide bonds. The minimum absolute atomic E-state index is 0.124. The molecule has 0 aliphatic heterocycles. The number of likely N-dealkylation sites (N-methyl/N-ethyl adjacent to an activating group) is 1. The lowest BCUT2D eigenvalue weighted by atomic mass is 10.3. The number of nitrogens with one attached hydrogen (secondary N) is 3. The molecule has 0 unspecified atom stereocenters. The molecule has 1 aromatic rings. The van der Waals surface area contributed by atoms with Crippen LogP contribution in [0.4, 0.5) is 10.1 Å². The summed E-state index contributed by atoms with van der Waals surface area (Å²) in [7, 11) is 0. The van der Waals surface area contributed by atoms with Crippen LogP contribution in [0, 0.1) is 5.82 Å². The maximum absolute atomic E-state index is 12.7. The van der Waals surface area contributed by atoms with Crippen molar-refractivity contribution in [1.82, 2.24) is 10.6 Å². The van der Waals surface area contributed by atoms with Gasteiger partial charge in [0.1, 0.15) is 11.9 Å². The zero-order valence-corrected chi connectivity index (χ0v) is 11.1. The third-order valence-corrected chi connectivity index (χ3v) is 2.41. The summed E-state index contributed by atoms with van der Waals surface area (Å²) in [5.74, 6) is -0.434. The standard InChI is InChI=1S/C12H16FN3OS/c1-3-14-11(17)8(2)15-12(18)16-10-6-4-9(13)5-7-10/h4-8H,3H2,1-2H3,(H,14,17)(H2,15,16,18)/t8-/m0/s1.